The molecule has 0 aliphatic heterocycles. The molecule has 1 fully saturated rings. The van der Waals surface area contributed by atoms with Gasteiger partial charge in [-0.15, -0.1) is 0 Å². The van der Waals surface area contributed by atoms with Crippen molar-refractivity contribution in [1.82, 2.24) is 0 Å². The summed E-state index contributed by atoms with van der Waals surface area (Å²) in [5.41, 5.74) is 2.08. The lowest BCUT2D eigenvalue weighted by molar-refractivity contribution is 0.211. The lowest BCUT2D eigenvalue weighted by Gasteiger charge is -2.10. The first-order valence-corrected chi connectivity index (χ1v) is 4.88. The fraction of sp³-hybridized carbons (Fsp3) is 0.417. The first-order chi connectivity index (χ1) is 6.78. The van der Waals surface area contributed by atoms with E-state index >= 15 is 0 Å². The molecule has 14 heavy (non-hydrogen) atoms. The Balaban J connectivity index is 2.08. The molecule has 0 saturated heterocycles. The molecule has 72 valence electrons. The Hall–Kier alpha value is -1.33. The van der Waals surface area contributed by atoms with Crippen molar-refractivity contribution in [1.29, 1.82) is 5.26 Å². The van der Waals surface area contributed by atoms with Crippen molar-refractivity contribution < 1.29 is 5.11 Å². The Bertz CT molecular complexity index is 357. The smallest absolute Gasteiger partial charge is 0.0991 e. The van der Waals surface area contributed by atoms with E-state index in [0.29, 0.717) is 5.56 Å². The van der Waals surface area contributed by atoms with Crippen LogP contribution >= 0.6 is 0 Å². The Morgan fingerprint density at radius 3 is 2.36 bits per heavy atom. The van der Waals surface area contributed by atoms with E-state index in [1.807, 2.05) is 24.3 Å². The second-order valence-corrected chi connectivity index (χ2v) is 4.14. The molecule has 0 aromatic heterocycles. The lowest BCUT2D eigenvalue weighted by atomic mass is 9.97. The van der Waals surface area contributed by atoms with E-state index in [4.69, 9.17) is 10.4 Å². The number of rotatable bonds is 3. The zero-order valence-corrected chi connectivity index (χ0v) is 8.03. The van der Waals surface area contributed by atoms with E-state index in [1.165, 1.54) is 5.56 Å². The van der Waals surface area contributed by atoms with Crippen LogP contribution in [0.15, 0.2) is 24.3 Å². The largest absolute Gasteiger partial charge is 0.396 e. The minimum absolute atomic E-state index is 0.161. The molecule has 0 atom stereocenters. The first kappa shape index (κ1) is 9.23. The quantitative estimate of drug-likeness (QED) is 0.785. The van der Waals surface area contributed by atoms with Gasteiger partial charge in [0.05, 0.1) is 11.6 Å². The van der Waals surface area contributed by atoms with E-state index in [0.717, 1.165) is 19.3 Å². The maximum atomic E-state index is 9.17. The fourth-order valence-electron chi connectivity index (χ4n) is 1.70. The number of nitriles is 1. The number of aliphatic hydroxyl groups excluding tert-OH is 1. The predicted octanol–water partition coefficient (Wildman–Crippen LogP) is 1.87. The van der Waals surface area contributed by atoms with Crippen LogP contribution in [-0.4, -0.2) is 11.7 Å². The number of aliphatic hydroxyl groups is 1. The maximum Gasteiger partial charge on any atom is 0.0991 e. The van der Waals surface area contributed by atoms with Crippen LogP contribution in [0, 0.1) is 16.7 Å². The Labute approximate surface area is 83.8 Å². The number of benzene rings is 1. The van der Waals surface area contributed by atoms with Crippen LogP contribution < -0.4 is 0 Å². The van der Waals surface area contributed by atoms with Gasteiger partial charge in [-0.2, -0.15) is 5.26 Å². The molecule has 0 amide bonds. The molecular formula is C12H13NO. The van der Waals surface area contributed by atoms with Crippen LogP contribution in [0.1, 0.15) is 24.0 Å². The summed E-state index contributed by atoms with van der Waals surface area (Å²) in [4.78, 5) is 0. The monoisotopic (exact) mass is 187 g/mol. The van der Waals surface area contributed by atoms with Crippen molar-refractivity contribution in [2.24, 2.45) is 5.41 Å². The molecule has 1 aliphatic rings. The van der Waals surface area contributed by atoms with Gasteiger partial charge in [0.1, 0.15) is 0 Å². The van der Waals surface area contributed by atoms with Crippen molar-refractivity contribution in [2.45, 2.75) is 19.3 Å². The molecule has 2 nitrogen and oxygen atoms in total. The van der Waals surface area contributed by atoms with E-state index < -0.39 is 0 Å². The third-order valence-corrected chi connectivity index (χ3v) is 2.95. The van der Waals surface area contributed by atoms with Gasteiger partial charge in [0.15, 0.2) is 0 Å². The van der Waals surface area contributed by atoms with Crippen LogP contribution in [0.25, 0.3) is 0 Å². The van der Waals surface area contributed by atoms with Gasteiger partial charge < -0.3 is 5.11 Å². The second-order valence-electron chi connectivity index (χ2n) is 4.14. The average molecular weight is 187 g/mol. The fourth-order valence-corrected chi connectivity index (χ4v) is 1.70. The Morgan fingerprint density at radius 1 is 1.29 bits per heavy atom. The lowest BCUT2D eigenvalue weighted by Crippen LogP contribution is -2.09. The third-order valence-electron chi connectivity index (χ3n) is 2.95. The van der Waals surface area contributed by atoms with Gasteiger partial charge in [-0.3, -0.25) is 0 Å². The highest BCUT2D eigenvalue weighted by Crippen LogP contribution is 2.47. The normalized spacial score (nSPS) is 17.4. The summed E-state index contributed by atoms with van der Waals surface area (Å²) in [6.45, 7) is 0.285. The van der Waals surface area contributed by atoms with Gasteiger partial charge in [-0.1, -0.05) is 12.1 Å². The molecule has 1 N–H and O–H groups in total. The summed E-state index contributed by atoms with van der Waals surface area (Å²) in [5, 5.41) is 17.8. The van der Waals surface area contributed by atoms with Crippen molar-refractivity contribution in [3.63, 3.8) is 0 Å². The summed E-state index contributed by atoms with van der Waals surface area (Å²) >= 11 is 0. The third kappa shape index (κ3) is 1.78. The SMILES string of the molecule is N#Cc1ccc(CC2(CO)CC2)cc1. The predicted molar refractivity (Wildman–Crippen MR) is 53.6 cm³/mol. The molecule has 0 heterocycles. The summed E-state index contributed by atoms with van der Waals surface area (Å²) in [6, 6.07) is 9.73. The van der Waals surface area contributed by atoms with Gasteiger partial charge in [0, 0.05) is 6.61 Å². The highest BCUT2D eigenvalue weighted by molar-refractivity contribution is 5.32. The van der Waals surface area contributed by atoms with Gasteiger partial charge in [-0.05, 0) is 42.4 Å². The molecule has 2 rings (SSSR count). The molecule has 0 bridgehead atoms. The molecule has 1 aromatic carbocycles. The summed E-state index contributed by atoms with van der Waals surface area (Å²) in [7, 11) is 0. The number of hydrogen-bond donors (Lipinski definition) is 1. The van der Waals surface area contributed by atoms with E-state index in [2.05, 4.69) is 6.07 Å². The van der Waals surface area contributed by atoms with Crippen molar-refractivity contribution in [2.75, 3.05) is 6.61 Å². The highest BCUT2D eigenvalue weighted by Gasteiger charge is 2.41. The van der Waals surface area contributed by atoms with Crippen LogP contribution in [0.3, 0.4) is 0 Å². The topological polar surface area (TPSA) is 44.0 Å². The number of hydrogen-bond acceptors (Lipinski definition) is 2. The highest BCUT2D eigenvalue weighted by atomic mass is 16.3. The first-order valence-electron chi connectivity index (χ1n) is 4.88. The van der Waals surface area contributed by atoms with E-state index in [9.17, 15) is 0 Å². The molecule has 0 unspecified atom stereocenters. The number of nitrogens with zero attached hydrogens (tertiary/aromatic N) is 1. The van der Waals surface area contributed by atoms with Crippen LogP contribution in [0.2, 0.25) is 0 Å². The molecule has 2 heteroatoms. The van der Waals surface area contributed by atoms with Crippen molar-refractivity contribution in [3.8, 4) is 6.07 Å². The molecule has 1 aliphatic carbocycles. The summed E-state index contributed by atoms with van der Waals surface area (Å²) in [5.74, 6) is 0. The molecular weight excluding hydrogens is 174 g/mol. The zero-order chi connectivity index (χ0) is 10.0. The van der Waals surface area contributed by atoms with Crippen LogP contribution in [0.4, 0.5) is 0 Å². The molecule has 1 saturated carbocycles. The average Bonchev–Trinajstić information content (AvgIpc) is 3.00. The Kier molecular flexibility index (Phi) is 2.26. The zero-order valence-electron chi connectivity index (χ0n) is 8.03. The van der Waals surface area contributed by atoms with Crippen LogP contribution in [0.5, 0.6) is 0 Å². The minimum Gasteiger partial charge on any atom is -0.396 e. The standard InChI is InChI=1S/C12H13NO/c13-8-11-3-1-10(2-4-11)7-12(9-14)5-6-12/h1-4,14H,5-7,9H2. The van der Waals surface area contributed by atoms with Crippen molar-refractivity contribution in [3.05, 3.63) is 35.4 Å². The van der Waals surface area contributed by atoms with E-state index in [1.54, 1.807) is 0 Å². The molecule has 0 radical (unpaired) electrons. The van der Waals surface area contributed by atoms with E-state index in [-0.39, 0.29) is 12.0 Å². The van der Waals surface area contributed by atoms with Crippen molar-refractivity contribution >= 4 is 0 Å². The van der Waals surface area contributed by atoms with Gasteiger partial charge in [-0.25, -0.2) is 0 Å². The van der Waals surface area contributed by atoms with Gasteiger partial charge in [0.25, 0.3) is 0 Å². The molecule has 0 spiro atoms. The summed E-state index contributed by atoms with van der Waals surface area (Å²) in [6.07, 6.45) is 3.20. The second kappa shape index (κ2) is 3.43. The van der Waals surface area contributed by atoms with Gasteiger partial charge in [0.2, 0.25) is 0 Å². The van der Waals surface area contributed by atoms with Gasteiger partial charge >= 0.3 is 0 Å². The molecule has 1 aromatic rings. The van der Waals surface area contributed by atoms with Crippen LogP contribution in [-0.2, 0) is 6.42 Å². The minimum atomic E-state index is 0.161. The Morgan fingerprint density at radius 2 is 1.93 bits per heavy atom. The summed E-state index contributed by atoms with van der Waals surface area (Å²) < 4.78 is 0. The maximum absolute atomic E-state index is 9.17.